The molecule has 1 aromatic heterocycles. The van der Waals surface area contributed by atoms with Crippen LogP contribution < -0.4 is 10.1 Å². The number of nitrogens with one attached hydrogen (secondary N) is 1. The number of pyridine rings is 1. The van der Waals surface area contributed by atoms with Gasteiger partial charge in [0, 0.05) is 23.6 Å². The topological polar surface area (TPSA) is 88.5 Å². The van der Waals surface area contributed by atoms with Gasteiger partial charge in [-0.15, -0.1) is 0 Å². The second-order valence-electron chi connectivity index (χ2n) is 5.50. The molecule has 0 aliphatic rings. The Balaban J connectivity index is 2.15. The highest BCUT2D eigenvalue weighted by molar-refractivity contribution is 6.05. The lowest BCUT2D eigenvalue weighted by Crippen LogP contribution is -2.06. The van der Waals surface area contributed by atoms with Crippen LogP contribution in [0.5, 0.6) is 5.75 Å². The van der Waals surface area contributed by atoms with Gasteiger partial charge < -0.3 is 15.2 Å². The van der Waals surface area contributed by atoms with Gasteiger partial charge in [-0.05, 0) is 48.5 Å². The minimum atomic E-state index is -1.05. The standard InChI is InChI=1S/C19H16N2O4/c1-11(22)20-13-5-8-17-15(9-13)16(19(23)24)10-18(21-17)12-3-6-14(25-2)7-4-12/h3-10H,1-2H3,(H,20,22)(H,23,24). The van der Waals surface area contributed by atoms with Crippen LogP contribution in [-0.4, -0.2) is 29.1 Å². The molecule has 1 amide bonds. The van der Waals surface area contributed by atoms with Crippen molar-refractivity contribution in [3.63, 3.8) is 0 Å². The fraction of sp³-hybridized carbons (Fsp3) is 0.105. The first-order valence-corrected chi connectivity index (χ1v) is 7.58. The molecule has 25 heavy (non-hydrogen) atoms. The number of fused-ring (bicyclic) bond motifs is 1. The van der Waals surface area contributed by atoms with Crippen LogP contribution in [0.25, 0.3) is 22.2 Å². The van der Waals surface area contributed by atoms with E-state index in [1.165, 1.54) is 13.0 Å². The van der Waals surface area contributed by atoms with Crippen molar-refractivity contribution in [3.05, 3.63) is 54.1 Å². The third-order valence-electron chi connectivity index (χ3n) is 3.75. The zero-order valence-corrected chi connectivity index (χ0v) is 13.7. The highest BCUT2D eigenvalue weighted by Gasteiger charge is 2.14. The number of methoxy groups -OCH3 is 1. The summed E-state index contributed by atoms with van der Waals surface area (Å²) >= 11 is 0. The summed E-state index contributed by atoms with van der Waals surface area (Å²) in [5.41, 5.74) is 2.54. The predicted octanol–water partition coefficient (Wildman–Crippen LogP) is 3.57. The molecule has 0 saturated carbocycles. The summed E-state index contributed by atoms with van der Waals surface area (Å²) in [6, 6.07) is 13.8. The van der Waals surface area contributed by atoms with Crippen molar-refractivity contribution in [2.45, 2.75) is 6.92 Å². The summed E-state index contributed by atoms with van der Waals surface area (Å²) in [7, 11) is 1.58. The maximum absolute atomic E-state index is 11.7. The van der Waals surface area contributed by atoms with Crippen molar-refractivity contribution >= 4 is 28.5 Å². The first-order valence-electron chi connectivity index (χ1n) is 7.58. The largest absolute Gasteiger partial charge is 0.497 e. The first-order chi connectivity index (χ1) is 12.0. The molecule has 126 valence electrons. The predicted molar refractivity (Wildman–Crippen MR) is 95.0 cm³/mol. The average Bonchev–Trinajstić information content (AvgIpc) is 2.60. The molecule has 0 atom stereocenters. The lowest BCUT2D eigenvalue weighted by molar-refractivity contribution is -0.114. The van der Waals surface area contributed by atoms with Gasteiger partial charge >= 0.3 is 5.97 Å². The number of carbonyl (C=O) groups is 2. The molecule has 0 radical (unpaired) electrons. The van der Waals surface area contributed by atoms with Crippen LogP contribution in [0.4, 0.5) is 5.69 Å². The monoisotopic (exact) mass is 336 g/mol. The minimum absolute atomic E-state index is 0.128. The molecule has 3 rings (SSSR count). The van der Waals surface area contributed by atoms with Gasteiger partial charge in [-0.1, -0.05) is 0 Å². The van der Waals surface area contributed by atoms with Crippen LogP contribution in [0.1, 0.15) is 17.3 Å². The molecule has 2 N–H and O–H groups in total. The lowest BCUT2D eigenvalue weighted by atomic mass is 10.0. The fourth-order valence-corrected chi connectivity index (χ4v) is 2.59. The number of aromatic nitrogens is 1. The molecule has 0 aliphatic heterocycles. The molecule has 1 heterocycles. The van der Waals surface area contributed by atoms with Gasteiger partial charge in [0.05, 0.1) is 23.9 Å². The third kappa shape index (κ3) is 3.42. The van der Waals surface area contributed by atoms with Crippen molar-refractivity contribution < 1.29 is 19.4 Å². The van der Waals surface area contributed by atoms with Crippen molar-refractivity contribution in [3.8, 4) is 17.0 Å². The number of anilines is 1. The molecule has 0 bridgehead atoms. The van der Waals surface area contributed by atoms with E-state index in [9.17, 15) is 14.7 Å². The number of benzene rings is 2. The molecule has 0 fully saturated rings. The number of amides is 1. The van der Waals surface area contributed by atoms with E-state index in [-0.39, 0.29) is 11.5 Å². The molecule has 0 spiro atoms. The number of nitrogens with zero attached hydrogens (tertiary/aromatic N) is 1. The van der Waals surface area contributed by atoms with Gasteiger partial charge in [0.15, 0.2) is 0 Å². The molecule has 0 saturated heterocycles. The zero-order valence-electron chi connectivity index (χ0n) is 13.7. The van der Waals surface area contributed by atoms with E-state index in [0.717, 1.165) is 5.56 Å². The summed E-state index contributed by atoms with van der Waals surface area (Å²) < 4.78 is 5.13. The molecule has 6 heteroatoms. The summed E-state index contributed by atoms with van der Waals surface area (Å²) in [4.78, 5) is 27.5. The Morgan fingerprint density at radius 2 is 1.80 bits per heavy atom. The van der Waals surface area contributed by atoms with E-state index in [2.05, 4.69) is 10.3 Å². The smallest absolute Gasteiger partial charge is 0.336 e. The second-order valence-corrected chi connectivity index (χ2v) is 5.50. The third-order valence-corrected chi connectivity index (χ3v) is 3.75. The minimum Gasteiger partial charge on any atom is -0.497 e. The number of rotatable bonds is 4. The van der Waals surface area contributed by atoms with Crippen LogP contribution >= 0.6 is 0 Å². The molecular weight excluding hydrogens is 320 g/mol. The molecule has 6 nitrogen and oxygen atoms in total. The quantitative estimate of drug-likeness (QED) is 0.760. The van der Waals surface area contributed by atoms with Gasteiger partial charge in [-0.2, -0.15) is 0 Å². The van der Waals surface area contributed by atoms with Crippen LogP contribution in [0.3, 0.4) is 0 Å². The van der Waals surface area contributed by atoms with E-state index in [1.807, 2.05) is 12.1 Å². The number of carboxylic acid groups (broad SMARTS) is 1. The maximum Gasteiger partial charge on any atom is 0.336 e. The molecule has 2 aromatic carbocycles. The number of hydrogen-bond donors (Lipinski definition) is 2. The van der Waals surface area contributed by atoms with Crippen LogP contribution in [-0.2, 0) is 4.79 Å². The van der Waals surface area contributed by atoms with Gasteiger partial charge in [-0.25, -0.2) is 9.78 Å². The maximum atomic E-state index is 11.7. The van der Waals surface area contributed by atoms with E-state index < -0.39 is 5.97 Å². The van der Waals surface area contributed by atoms with Gasteiger partial charge in [0.1, 0.15) is 5.75 Å². The Morgan fingerprint density at radius 1 is 1.08 bits per heavy atom. The summed E-state index contributed by atoms with van der Waals surface area (Å²) in [5.74, 6) is -0.566. The highest BCUT2D eigenvalue weighted by atomic mass is 16.5. The van der Waals surface area contributed by atoms with Crippen LogP contribution in [0.2, 0.25) is 0 Å². The van der Waals surface area contributed by atoms with Gasteiger partial charge in [0.25, 0.3) is 0 Å². The van der Waals surface area contributed by atoms with Crippen molar-refractivity contribution in [2.24, 2.45) is 0 Å². The van der Waals surface area contributed by atoms with E-state index in [0.29, 0.717) is 28.0 Å². The Labute approximate surface area is 144 Å². The molecule has 0 unspecified atom stereocenters. The molecular formula is C19H16N2O4. The SMILES string of the molecule is COc1ccc(-c2cc(C(=O)O)c3cc(NC(C)=O)ccc3n2)cc1. The van der Waals surface area contributed by atoms with E-state index in [4.69, 9.17) is 4.74 Å². The summed E-state index contributed by atoms with van der Waals surface area (Å²) in [6.07, 6.45) is 0. The first kappa shape index (κ1) is 16.4. The Morgan fingerprint density at radius 3 is 2.40 bits per heavy atom. The highest BCUT2D eigenvalue weighted by Crippen LogP contribution is 2.28. The van der Waals surface area contributed by atoms with Gasteiger partial charge in [-0.3, -0.25) is 4.79 Å². The van der Waals surface area contributed by atoms with Crippen LogP contribution in [0, 0.1) is 0 Å². The Kier molecular flexibility index (Phi) is 4.35. The Bertz CT molecular complexity index is 965. The molecule has 3 aromatic rings. The van der Waals surface area contributed by atoms with Crippen molar-refractivity contribution in [2.75, 3.05) is 12.4 Å². The number of carbonyl (C=O) groups excluding carboxylic acids is 1. The fourth-order valence-electron chi connectivity index (χ4n) is 2.59. The summed E-state index contributed by atoms with van der Waals surface area (Å²) in [6.45, 7) is 1.40. The average molecular weight is 336 g/mol. The molecule has 0 aliphatic carbocycles. The van der Waals surface area contributed by atoms with E-state index in [1.54, 1.807) is 37.4 Å². The van der Waals surface area contributed by atoms with E-state index >= 15 is 0 Å². The number of ether oxygens (including phenoxy) is 1. The number of hydrogen-bond acceptors (Lipinski definition) is 4. The van der Waals surface area contributed by atoms with Crippen molar-refractivity contribution in [1.82, 2.24) is 4.98 Å². The normalized spacial score (nSPS) is 10.5. The summed E-state index contributed by atoms with van der Waals surface area (Å²) in [5, 5.41) is 12.7. The second kappa shape index (κ2) is 6.60. The van der Waals surface area contributed by atoms with Crippen molar-refractivity contribution in [1.29, 1.82) is 0 Å². The Hall–Kier alpha value is -3.41. The number of carboxylic acids is 1. The van der Waals surface area contributed by atoms with Gasteiger partial charge in [0.2, 0.25) is 5.91 Å². The lowest BCUT2D eigenvalue weighted by Gasteiger charge is -2.10. The number of aromatic carboxylic acids is 1. The van der Waals surface area contributed by atoms with Crippen LogP contribution in [0.15, 0.2) is 48.5 Å². The zero-order chi connectivity index (χ0) is 18.0.